The number of hydrogen-bond acceptors (Lipinski definition) is 5. The van der Waals surface area contributed by atoms with E-state index in [1.165, 1.54) is 0 Å². The number of aromatic nitrogens is 3. The molecule has 0 unspecified atom stereocenters. The van der Waals surface area contributed by atoms with Crippen molar-refractivity contribution in [2.75, 3.05) is 0 Å². The molecule has 5 heteroatoms. The third-order valence-electron chi connectivity index (χ3n) is 7.60. The molecule has 4 nitrogen and oxygen atoms in total. The predicted molar refractivity (Wildman–Crippen MR) is 182 cm³/mol. The number of fused-ring (bicyclic) bond motifs is 6. The second-order valence-corrected chi connectivity index (χ2v) is 11.4. The Labute approximate surface area is 265 Å². The van der Waals surface area contributed by atoms with Gasteiger partial charge in [-0.25, -0.2) is 15.0 Å². The molecule has 0 amide bonds. The quantitative estimate of drug-likeness (QED) is 0.205. The number of benzene rings is 6. The molecule has 0 saturated carbocycles. The molecule has 3 heterocycles. The van der Waals surface area contributed by atoms with E-state index in [0.29, 0.717) is 28.3 Å². The zero-order chi connectivity index (χ0) is 34.3. The molecular weight excluding hydrogens is 559 g/mol. The summed E-state index contributed by atoms with van der Waals surface area (Å²) in [5.41, 5.74) is 2.06. The molecule has 9 aromatic rings. The van der Waals surface area contributed by atoms with Crippen LogP contribution in [0.15, 0.2) is 144 Å². The summed E-state index contributed by atoms with van der Waals surface area (Å²) in [6.45, 7) is 0. The Balaban J connectivity index is 1.30. The lowest BCUT2D eigenvalue weighted by molar-refractivity contribution is 0.669. The van der Waals surface area contributed by atoms with Crippen LogP contribution in [0.2, 0.25) is 0 Å². The molecule has 0 aliphatic rings. The summed E-state index contributed by atoms with van der Waals surface area (Å²) in [5.74, 6) is 0.703. The molecule has 6 aromatic carbocycles. The van der Waals surface area contributed by atoms with Gasteiger partial charge in [0.15, 0.2) is 17.5 Å². The molecule has 0 saturated heterocycles. The topological polar surface area (TPSA) is 51.8 Å². The van der Waals surface area contributed by atoms with Crippen LogP contribution in [0.3, 0.4) is 0 Å². The van der Waals surface area contributed by atoms with Crippen molar-refractivity contribution in [2.24, 2.45) is 0 Å². The van der Waals surface area contributed by atoms with Gasteiger partial charge in [-0.05, 0) is 53.5 Å². The lowest BCUT2D eigenvalue weighted by Gasteiger charge is -2.08. The summed E-state index contributed by atoms with van der Waals surface area (Å²) in [6, 6.07) is 31.0. The first-order valence-corrected chi connectivity index (χ1v) is 14.9. The second kappa shape index (κ2) is 9.97. The van der Waals surface area contributed by atoms with Gasteiger partial charge < -0.3 is 4.42 Å². The number of nitrogens with zero attached hydrogens (tertiary/aromatic N) is 3. The van der Waals surface area contributed by atoms with Crippen LogP contribution in [0.25, 0.3) is 87.4 Å². The maximum atomic E-state index is 9.35. The van der Waals surface area contributed by atoms with E-state index in [-0.39, 0.29) is 75.1 Å². The average Bonchev–Trinajstić information content (AvgIpc) is 3.74. The van der Waals surface area contributed by atoms with Crippen molar-refractivity contribution in [1.82, 2.24) is 15.0 Å². The number of hydrogen-bond donors (Lipinski definition) is 0. The third kappa shape index (κ3) is 4.17. The van der Waals surface area contributed by atoms with Crippen LogP contribution in [-0.2, 0) is 0 Å². The van der Waals surface area contributed by atoms with Gasteiger partial charge in [0.2, 0.25) is 0 Å². The van der Waals surface area contributed by atoms with Gasteiger partial charge in [-0.1, -0.05) is 97.0 Å². The van der Waals surface area contributed by atoms with Crippen molar-refractivity contribution in [3.05, 3.63) is 139 Å². The van der Waals surface area contributed by atoms with Crippen LogP contribution in [-0.4, -0.2) is 15.0 Å². The van der Waals surface area contributed by atoms with Crippen LogP contribution >= 0.6 is 11.3 Å². The van der Waals surface area contributed by atoms with Gasteiger partial charge in [0.05, 0.1) is 8.22 Å². The molecule has 0 fully saturated rings. The van der Waals surface area contributed by atoms with Crippen molar-refractivity contribution in [3.63, 3.8) is 0 Å². The Morgan fingerprint density at radius 3 is 1.84 bits per heavy atom. The minimum atomic E-state index is -0.317. The average molecular weight is 588 g/mol. The number of rotatable bonds is 4. The molecule has 9 rings (SSSR count). The van der Waals surface area contributed by atoms with Gasteiger partial charge in [-0.15, -0.1) is 11.3 Å². The van der Waals surface area contributed by atoms with Crippen LogP contribution in [0.5, 0.6) is 0 Å². The standard InChI is InChI=1S/C39H23N3OS/c1-3-9-24(10-4-1)37-40-38(25-11-5-2-6-12-25)42-39(41-37)28-15-18-29-31-21-26(16-19-33(31)43-34(29)23-28)27-17-20-36-32(22-27)30-13-7-8-14-35(30)44-36/h1-23H/i15D,16D,18D,19D,21D,23D. The summed E-state index contributed by atoms with van der Waals surface area (Å²) >= 11 is 1.66. The highest BCUT2D eigenvalue weighted by Gasteiger charge is 2.15. The number of furan rings is 1. The van der Waals surface area contributed by atoms with Crippen LogP contribution in [0.1, 0.15) is 8.22 Å². The maximum Gasteiger partial charge on any atom is 0.164 e. The highest BCUT2D eigenvalue weighted by molar-refractivity contribution is 7.25. The van der Waals surface area contributed by atoms with Crippen LogP contribution < -0.4 is 0 Å². The fourth-order valence-electron chi connectivity index (χ4n) is 5.45. The van der Waals surface area contributed by atoms with E-state index in [1.54, 1.807) is 11.3 Å². The zero-order valence-corrected chi connectivity index (χ0v) is 23.8. The fourth-order valence-corrected chi connectivity index (χ4v) is 6.54. The van der Waals surface area contributed by atoms with Gasteiger partial charge in [-0.2, -0.15) is 0 Å². The summed E-state index contributed by atoms with van der Waals surface area (Å²) in [5, 5.41) is 2.24. The Morgan fingerprint density at radius 2 is 1.09 bits per heavy atom. The molecule has 44 heavy (non-hydrogen) atoms. The lowest BCUT2D eigenvalue weighted by atomic mass is 10.0. The minimum Gasteiger partial charge on any atom is -0.456 e. The van der Waals surface area contributed by atoms with Crippen LogP contribution in [0, 0.1) is 0 Å². The Kier molecular flexibility index (Phi) is 4.42. The Bertz CT molecular complexity index is 2780. The lowest BCUT2D eigenvalue weighted by Crippen LogP contribution is -2.00. The second-order valence-electron chi connectivity index (χ2n) is 10.4. The van der Waals surface area contributed by atoms with Gasteiger partial charge in [0.1, 0.15) is 11.2 Å². The van der Waals surface area contributed by atoms with E-state index >= 15 is 0 Å². The van der Waals surface area contributed by atoms with Gasteiger partial charge in [0.25, 0.3) is 0 Å². The predicted octanol–water partition coefficient (Wildman–Crippen LogP) is 10.8. The van der Waals surface area contributed by atoms with Crippen molar-refractivity contribution >= 4 is 53.4 Å². The van der Waals surface area contributed by atoms with E-state index in [2.05, 4.69) is 16.0 Å². The molecule has 0 bridgehead atoms. The molecule has 3 aromatic heterocycles. The van der Waals surface area contributed by atoms with E-state index < -0.39 is 0 Å². The molecule has 0 atom stereocenters. The van der Waals surface area contributed by atoms with E-state index in [0.717, 1.165) is 20.2 Å². The number of thiophene rings is 1. The normalized spacial score (nSPS) is 13.5. The zero-order valence-electron chi connectivity index (χ0n) is 29.0. The monoisotopic (exact) mass is 587 g/mol. The van der Waals surface area contributed by atoms with Crippen molar-refractivity contribution in [2.45, 2.75) is 0 Å². The molecule has 0 aliphatic carbocycles. The summed E-state index contributed by atoms with van der Waals surface area (Å²) in [6.07, 6.45) is 0. The van der Waals surface area contributed by atoms with E-state index in [4.69, 9.17) is 13.5 Å². The van der Waals surface area contributed by atoms with Gasteiger partial charge >= 0.3 is 0 Å². The Morgan fingerprint density at radius 1 is 0.455 bits per heavy atom. The summed E-state index contributed by atoms with van der Waals surface area (Å²) < 4.78 is 63.3. The maximum absolute atomic E-state index is 9.35. The molecule has 0 spiro atoms. The molecular formula is C39H23N3OS. The first-order chi connectivity index (χ1) is 24.3. The van der Waals surface area contributed by atoms with Gasteiger partial charge in [0, 0.05) is 47.6 Å². The molecule has 206 valence electrons. The first-order valence-electron chi connectivity index (χ1n) is 17.0. The highest BCUT2D eigenvalue weighted by Crippen LogP contribution is 2.38. The summed E-state index contributed by atoms with van der Waals surface area (Å²) in [7, 11) is 0. The fraction of sp³-hybridized carbons (Fsp3) is 0. The summed E-state index contributed by atoms with van der Waals surface area (Å²) in [4.78, 5) is 14.1. The highest BCUT2D eigenvalue weighted by atomic mass is 32.1. The smallest absolute Gasteiger partial charge is 0.164 e. The molecule has 0 N–H and O–H groups in total. The minimum absolute atomic E-state index is 0.0268. The Hall–Kier alpha value is -5.65. The van der Waals surface area contributed by atoms with E-state index in [1.807, 2.05) is 97.1 Å². The van der Waals surface area contributed by atoms with Crippen LogP contribution in [0.4, 0.5) is 0 Å². The van der Waals surface area contributed by atoms with Crippen molar-refractivity contribution in [1.29, 1.82) is 0 Å². The van der Waals surface area contributed by atoms with Gasteiger partial charge in [-0.3, -0.25) is 0 Å². The first kappa shape index (κ1) is 19.5. The molecule has 0 aliphatic heterocycles. The third-order valence-corrected chi connectivity index (χ3v) is 8.75. The largest absolute Gasteiger partial charge is 0.456 e. The SMILES string of the molecule is [2H]c1c(-c2ccc3sc4ccccc4c3c2)c([2H])c2c(oc3c([2H])c(-c4nc(-c5ccccc5)nc(-c5ccccc5)n4)c([2H])c([2H])c32)c1[2H]. The van der Waals surface area contributed by atoms with Crippen molar-refractivity contribution < 1.29 is 12.6 Å². The molecule has 0 radical (unpaired) electrons. The van der Waals surface area contributed by atoms with Crippen molar-refractivity contribution in [3.8, 4) is 45.3 Å². The van der Waals surface area contributed by atoms with E-state index in [9.17, 15) is 4.11 Å².